The smallest absolute Gasteiger partial charge is 0.200 e. The Morgan fingerprint density at radius 1 is 0.857 bits per heavy atom. The number of fused-ring (bicyclic) bond motifs is 1. The third-order valence-electron chi connectivity index (χ3n) is 6.48. The van der Waals surface area contributed by atoms with E-state index in [9.17, 15) is 4.79 Å². The van der Waals surface area contributed by atoms with Crippen molar-refractivity contribution in [3.8, 4) is 5.75 Å². The Labute approximate surface area is 217 Å². The second-order valence-electron chi connectivity index (χ2n) is 8.78. The van der Waals surface area contributed by atoms with Crippen molar-refractivity contribution >= 4 is 33.5 Å². The lowest BCUT2D eigenvalue weighted by Crippen LogP contribution is -2.40. The molecule has 5 rings (SSSR count). The van der Waals surface area contributed by atoms with Gasteiger partial charge in [0.2, 0.25) is 0 Å². The van der Waals surface area contributed by atoms with E-state index in [1.54, 1.807) is 0 Å². The second kappa shape index (κ2) is 12.1. The summed E-state index contributed by atoms with van der Waals surface area (Å²) in [5, 5.41) is 5.96. The minimum absolute atomic E-state index is 0. The zero-order valence-corrected chi connectivity index (χ0v) is 21.3. The Bertz CT molecular complexity index is 1240. The molecule has 5 heteroatoms. The van der Waals surface area contributed by atoms with Crippen molar-refractivity contribution in [2.24, 2.45) is 0 Å². The van der Waals surface area contributed by atoms with Gasteiger partial charge in [-0.3, -0.25) is 4.79 Å². The maximum atomic E-state index is 12.3. The highest BCUT2D eigenvalue weighted by Crippen LogP contribution is 2.30. The standard InChI is InChI=1S/C30H29NO3.BrH/c32-29(25-7-2-1-3-8-25)21-33-27-14-12-24(13-15-27)28-16-17-31-19-30(28)34-20-22-10-11-23-6-4-5-9-26(23)18-22;/h1-15,18,28,30-31H,16-17,19-21H2;1H. The number of piperidine rings is 1. The molecule has 2 atom stereocenters. The molecule has 0 spiro atoms. The molecule has 0 aliphatic carbocycles. The fourth-order valence-electron chi connectivity index (χ4n) is 4.59. The summed E-state index contributed by atoms with van der Waals surface area (Å²) in [7, 11) is 0. The zero-order valence-electron chi connectivity index (χ0n) is 19.6. The van der Waals surface area contributed by atoms with Gasteiger partial charge < -0.3 is 14.8 Å². The largest absolute Gasteiger partial charge is 0.485 e. The summed E-state index contributed by atoms with van der Waals surface area (Å²) in [6.07, 6.45) is 1.13. The molecule has 0 bridgehead atoms. The van der Waals surface area contributed by atoms with Crippen LogP contribution in [0.2, 0.25) is 0 Å². The van der Waals surface area contributed by atoms with Crippen LogP contribution in [-0.4, -0.2) is 31.6 Å². The number of benzene rings is 4. The summed E-state index contributed by atoms with van der Waals surface area (Å²) in [5.74, 6) is 1.00. The number of rotatable bonds is 8. The van der Waals surface area contributed by atoms with Crippen molar-refractivity contribution in [2.75, 3.05) is 19.7 Å². The molecule has 180 valence electrons. The first-order chi connectivity index (χ1) is 16.8. The van der Waals surface area contributed by atoms with Crippen molar-refractivity contribution in [1.29, 1.82) is 0 Å². The fourth-order valence-corrected chi connectivity index (χ4v) is 4.59. The van der Waals surface area contributed by atoms with E-state index in [1.807, 2.05) is 42.5 Å². The van der Waals surface area contributed by atoms with E-state index >= 15 is 0 Å². The van der Waals surface area contributed by atoms with Crippen LogP contribution in [0.1, 0.15) is 33.8 Å². The molecule has 1 fully saturated rings. The number of carbonyl (C=O) groups excluding carboxylic acids is 1. The first-order valence-corrected chi connectivity index (χ1v) is 11.9. The van der Waals surface area contributed by atoms with Gasteiger partial charge >= 0.3 is 0 Å². The van der Waals surface area contributed by atoms with Crippen molar-refractivity contribution in [1.82, 2.24) is 5.32 Å². The number of hydrogen-bond donors (Lipinski definition) is 1. The number of ketones is 1. The number of hydrogen-bond acceptors (Lipinski definition) is 4. The Kier molecular flexibility index (Phi) is 8.69. The van der Waals surface area contributed by atoms with Crippen LogP contribution in [0.25, 0.3) is 10.8 Å². The maximum absolute atomic E-state index is 12.3. The van der Waals surface area contributed by atoms with Crippen LogP contribution < -0.4 is 10.1 Å². The topological polar surface area (TPSA) is 47.6 Å². The summed E-state index contributed by atoms with van der Waals surface area (Å²) in [6, 6.07) is 32.3. The average Bonchev–Trinajstić information content (AvgIpc) is 2.91. The summed E-state index contributed by atoms with van der Waals surface area (Å²) >= 11 is 0. The molecule has 1 aliphatic heterocycles. The van der Waals surface area contributed by atoms with Crippen molar-refractivity contribution in [3.05, 3.63) is 114 Å². The minimum atomic E-state index is -0.0230. The summed E-state index contributed by atoms with van der Waals surface area (Å²) in [6.45, 7) is 2.44. The van der Waals surface area contributed by atoms with Gasteiger partial charge in [0.05, 0.1) is 12.7 Å². The van der Waals surface area contributed by atoms with Gasteiger partial charge in [0.25, 0.3) is 0 Å². The van der Waals surface area contributed by atoms with E-state index in [0.29, 0.717) is 23.8 Å². The van der Waals surface area contributed by atoms with Gasteiger partial charge in [0.1, 0.15) is 5.75 Å². The zero-order chi connectivity index (χ0) is 23.2. The van der Waals surface area contributed by atoms with Crippen LogP contribution >= 0.6 is 17.0 Å². The number of nitrogens with one attached hydrogen (secondary N) is 1. The number of Topliss-reactive ketones (excluding diaryl/α,β-unsaturated/α-hetero) is 1. The summed E-state index contributed by atoms with van der Waals surface area (Å²) < 4.78 is 12.1. The normalized spacial score (nSPS) is 17.5. The lowest BCUT2D eigenvalue weighted by Gasteiger charge is -2.32. The molecule has 0 amide bonds. The molecular formula is C30H30BrNO3. The fraction of sp³-hybridized carbons (Fsp3) is 0.233. The Morgan fingerprint density at radius 2 is 1.60 bits per heavy atom. The minimum Gasteiger partial charge on any atom is -0.485 e. The molecule has 1 N–H and O–H groups in total. The van der Waals surface area contributed by atoms with Gasteiger partial charge in [0, 0.05) is 18.0 Å². The van der Waals surface area contributed by atoms with Crippen LogP contribution in [0.15, 0.2) is 97.1 Å². The molecular weight excluding hydrogens is 502 g/mol. The van der Waals surface area contributed by atoms with Crippen LogP contribution in [-0.2, 0) is 11.3 Å². The molecule has 2 unspecified atom stereocenters. The van der Waals surface area contributed by atoms with E-state index in [4.69, 9.17) is 9.47 Å². The van der Waals surface area contributed by atoms with Gasteiger partial charge in [-0.15, -0.1) is 17.0 Å². The van der Waals surface area contributed by atoms with E-state index in [0.717, 1.165) is 19.5 Å². The maximum Gasteiger partial charge on any atom is 0.200 e. The first-order valence-electron chi connectivity index (χ1n) is 11.9. The Hall–Kier alpha value is -2.99. The van der Waals surface area contributed by atoms with E-state index in [2.05, 4.69) is 59.9 Å². The lowest BCUT2D eigenvalue weighted by molar-refractivity contribution is 0.0106. The van der Waals surface area contributed by atoms with Crippen molar-refractivity contribution in [2.45, 2.75) is 25.0 Å². The highest BCUT2D eigenvalue weighted by atomic mass is 79.9. The van der Waals surface area contributed by atoms with Crippen LogP contribution in [0.4, 0.5) is 0 Å². The predicted molar refractivity (Wildman–Crippen MR) is 146 cm³/mol. The third kappa shape index (κ3) is 6.37. The second-order valence-corrected chi connectivity index (χ2v) is 8.78. The quantitative estimate of drug-likeness (QED) is 0.269. The summed E-state index contributed by atoms with van der Waals surface area (Å²) in [4.78, 5) is 12.3. The van der Waals surface area contributed by atoms with Crippen LogP contribution in [0.3, 0.4) is 0 Å². The lowest BCUT2D eigenvalue weighted by atomic mass is 9.87. The molecule has 1 saturated heterocycles. The SMILES string of the molecule is Br.O=C(COc1ccc(C2CCNCC2OCc2ccc3ccccc3c2)cc1)c1ccccc1. The first kappa shape index (κ1) is 25.1. The van der Waals surface area contributed by atoms with Gasteiger partial charge in [-0.05, 0) is 53.1 Å². The third-order valence-corrected chi connectivity index (χ3v) is 6.48. The molecule has 4 aromatic rings. The number of ether oxygens (including phenoxy) is 2. The average molecular weight is 532 g/mol. The van der Waals surface area contributed by atoms with Gasteiger partial charge in [0.15, 0.2) is 12.4 Å². The number of halogens is 1. The number of carbonyl (C=O) groups is 1. The molecule has 1 heterocycles. The molecule has 0 saturated carbocycles. The highest BCUT2D eigenvalue weighted by molar-refractivity contribution is 8.93. The van der Waals surface area contributed by atoms with Gasteiger partial charge in [-0.1, -0.05) is 78.9 Å². The Balaban J connectivity index is 0.00000289. The molecule has 0 radical (unpaired) electrons. The molecule has 4 aromatic carbocycles. The molecule has 0 aromatic heterocycles. The van der Waals surface area contributed by atoms with Crippen LogP contribution in [0, 0.1) is 0 Å². The Morgan fingerprint density at radius 3 is 2.40 bits per heavy atom. The molecule has 35 heavy (non-hydrogen) atoms. The van der Waals surface area contributed by atoms with Crippen LogP contribution in [0.5, 0.6) is 5.75 Å². The van der Waals surface area contributed by atoms with Gasteiger partial charge in [-0.2, -0.15) is 0 Å². The van der Waals surface area contributed by atoms with E-state index in [1.165, 1.54) is 21.9 Å². The van der Waals surface area contributed by atoms with E-state index in [-0.39, 0.29) is 35.5 Å². The summed E-state index contributed by atoms with van der Waals surface area (Å²) in [5.41, 5.74) is 3.10. The highest BCUT2D eigenvalue weighted by Gasteiger charge is 2.27. The van der Waals surface area contributed by atoms with Crippen molar-refractivity contribution in [3.63, 3.8) is 0 Å². The molecule has 4 nitrogen and oxygen atoms in total. The monoisotopic (exact) mass is 531 g/mol. The van der Waals surface area contributed by atoms with Crippen molar-refractivity contribution < 1.29 is 14.3 Å². The predicted octanol–water partition coefficient (Wildman–Crippen LogP) is 6.34. The molecule has 1 aliphatic rings. The van der Waals surface area contributed by atoms with Gasteiger partial charge in [-0.25, -0.2) is 0 Å². The van der Waals surface area contributed by atoms with E-state index < -0.39 is 0 Å².